The van der Waals surface area contributed by atoms with E-state index in [0.717, 1.165) is 0 Å². The summed E-state index contributed by atoms with van der Waals surface area (Å²) in [4.78, 5) is 14.9. The summed E-state index contributed by atoms with van der Waals surface area (Å²) < 4.78 is 0. The van der Waals surface area contributed by atoms with E-state index < -0.39 is 6.04 Å². The van der Waals surface area contributed by atoms with E-state index in [1.54, 1.807) is 18.5 Å². The Bertz CT molecular complexity index is 218. The third-order valence-corrected chi connectivity index (χ3v) is 1.84. The predicted octanol–water partition coefficient (Wildman–Crippen LogP) is 0.673. The van der Waals surface area contributed by atoms with Crippen molar-refractivity contribution in [2.45, 2.75) is 13.0 Å². The van der Waals surface area contributed by atoms with E-state index in [-0.39, 0.29) is 5.78 Å². The number of rotatable bonds is 2. The standard InChI is InChI=1S/C6H8N2OS/c1-4(7)5(9)6-8-2-3-10-6/h2-4H,7H2,1H3. The van der Waals surface area contributed by atoms with Crippen LogP contribution in [0.4, 0.5) is 0 Å². The highest BCUT2D eigenvalue weighted by molar-refractivity contribution is 7.11. The molecule has 0 saturated heterocycles. The Morgan fingerprint density at radius 1 is 1.90 bits per heavy atom. The first-order valence-corrected chi connectivity index (χ1v) is 3.79. The minimum atomic E-state index is -0.439. The van der Waals surface area contributed by atoms with Crippen molar-refractivity contribution in [3.63, 3.8) is 0 Å². The molecular weight excluding hydrogens is 148 g/mol. The second-order valence-electron chi connectivity index (χ2n) is 1.99. The van der Waals surface area contributed by atoms with E-state index in [9.17, 15) is 4.79 Å². The van der Waals surface area contributed by atoms with Crippen LogP contribution >= 0.6 is 11.3 Å². The number of ketones is 1. The summed E-state index contributed by atoms with van der Waals surface area (Å²) in [5.74, 6) is -0.0880. The van der Waals surface area contributed by atoms with Gasteiger partial charge in [-0.15, -0.1) is 11.3 Å². The van der Waals surface area contributed by atoms with Crippen molar-refractivity contribution >= 4 is 17.1 Å². The second kappa shape index (κ2) is 2.90. The maximum absolute atomic E-state index is 11.0. The number of carbonyl (C=O) groups excluding carboxylic acids is 1. The van der Waals surface area contributed by atoms with E-state index in [1.165, 1.54) is 11.3 Å². The van der Waals surface area contributed by atoms with E-state index >= 15 is 0 Å². The highest BCUT2D eigenvalue weighted by Gasteiger charge is 2.11. The smallest absolute Gasteiger partial charge is 0.207 e. The third kappa shape index (κ3) is 1.40. The average Bonchev–Trinajstić information content (AvgIpc) is 2.36. The van der Waals surface area contributed by atoms with Gasteiger partial charge >= 0.3 is 0 Å². The predicted molar refractivity (Wildman–Crippen MR) is 40.1 cm³/mol. The molecule has 1 rings (SSSR count). The van der Waals surface area contributed by atoms with E-state index in [1.807, 2.05) is 0 Å². The number of nitrogens with zero attached hydrogens (tertiary/aromatic N) is 1. The van der Waals surface area contributed by atoms with E-state index in [0.29, 0.717) is 5.01 Å². The largest absolute Gasteiger partial charge is 0.321 e. The van der Waals surface area contributed by atoms with Gasteiger partial charge in [0, 0.05) is 11.6 Å². The van der Waals surface area contributed by atoms with Crippen LogP contribution in [0.1, 0.15) is 16.7 Å². The van der Waals surface area contributed by atoms with Crippen molar-refractivity contribution in [1.29, 1.82) is 0 Å². The van der Waals surface area contributed by atoms with Crippen LogP contribution in [0, 0.1) is 0 Å². The molecule has 1 aromatic rings. The van der Waals surface area contributed by atoms with Gasteiger partial charge in [-0.2, -0.15) is 0 Å². The van der Waals surface area contributed by atoms with Gasteiger partial charge < -0.3 is 5.73 Å². The van der Waals surface area contributed by atoms with Gasteiger partial charge in [-0.3, -0.25) is 4.79 Å². The zero-order valence-corrected chi connectivity index (χ0v) is 6.39. The fourth-order valence-electron chi connectivity index (χ4n) is 0.540. The minimum Gasteiger partial charge on any atom is -0.321 e. The van der Waals surface area contributed by atoms with Crippen molar-refractivity contribution < 1.29 is 4.79 Å². The van der Waals surface area contributed by atoms with Crippen LogP contribution in [0.5, 0.6) is 0 Å². The number of nitrogens with two attached hydrogens (primary N) is 1. The Morgan fingerprint density at radius 3 is 3.00 bits per heavy atom. The van der Waals surface area contributed by atoms with Gasteiger partial charge in [0.15, 0.2) is 5.01 Å². The Hall–Kier alpha value is -0.740. The molecule has 0 bridgehead atoms. The molecular formula is C6H8N2OS. The normalized spacial score (nSPS) is 13.0. The molecule has 1 atom stereocenters. The zero-order valence-electron chi connectivity index (χ0n) is 5.57. The third-order valence-electron chi connectivity index (χ3n) is 1.06. The number of hydrogen-bond donors (Lipinski definition) is 1. The van der Waals surface area contributed by atoms with Gasteiger partial charge in [0.2, 0.25) is 5.78 Å². The lowest BCUT2D eigenvalue weighted by Crippen LogP contribution is -2.26. The summed E-state index contributed by atoms with van der Waals surface area (Å²) in [7, 11) is 0. The summed E-state index contributed by atoms with van der Waals surface area (Å²) in [6, 6.07) is -0.439. The molecule has 10 heavy (non-hydrogen) atoms. The number of thiazole rings is 1. The van der Waals surface area contributed by atoms with Crippen molar-refractivity contribution in [2.24, 2.45) is 5.73 Å². The highest BCUT2D eigenvalue weighted by atomic mass is 32.1. The van der Waals surface area contributed by atoms with Crippen molar-refractivity contribution in [3.05, 3.63) is 16.6 Å². The fourth-order valence-corrected chi connectivity index (χ4v) is 1.21. The summed E-state index contributed by atoms with van der Waals surface area (Å²) in [6.07, 6.45) is 1.60. The van der Waals surface area contributed by atoms with Gasteiger partial charge in [0.25, 0.3) is 0 Å². The zero-order chi connectivity index (χ0) is 7.56. The second-order valence-corrected chi connectivity index (χ2v) is 2.88. The molecule has 1 heterocycles. The lowest BCUT2D eigenvalue weighted by Gasteiger charge is -1.97. The summed E-state index contributed by atoms with van der Waals surface area (Å²) in [5.41, 5.74) is 5.34. The Labute approximate surface area is 62.9 Å². The van der Waals surface area contributed by atoms with Gasteiger partial charge in [0.05, 0.1) is 6.04 Å². The average molecular weight is 156 g/mol. The molecule has 0 aromatic carbocycles. The maximum atomic E-state index is 11.0. The van der Waals surface area contributed by atoms with Crippen molar-refractivity contribution in [1.82, 2.24) is 4.98 Å². The lowest BCUT2D eigenvalue weighted by molar-refractivity contribution is 0.0967. The molecule has 0 radical (unpaired) electrons. The molecule has 2 N–H and O–H groups in total. The van der Waals surface area contributed by atoms with Crippen LogP contribution in [0.2, 0.25) is 0 Å². The number of aromatic nitrogens is 1. The summed E-state index contributed by atoms with van der Waals surface area (Å²) >= 11 is 1.32. The van der Waals surface area contributed by atoms with Crippen molar-refractivity contribution in [2.75, 3.05) is 0 Å². The Kier molecular flexibility index (Phi) is 2.13. The molecule has 3 nitrogen and oxygen atoms in total. The molecule has 0 amide bonds. The fraction of sp³-hybridized carbons (Fsp3) is 0.333. The molecule has 1 aromatic heterocycles. The molecule has 4 heteroatoms. The molecule has 0 fully saturated rings. The Balaban J connectivity index is 2.78. The number of hydrogen-bond acceptors (Lipinski definition) is 4. The van der Waals surface area contributed by atoms with Gasteiger partial charge in [-0.1, -0.05) is 0 Å². The van der Waals surface area contributed by atoms with Crippen LogP contribution in [0.25, 0.3) is 0 Å². The quantitative estimate of drug-likeness (QED) is 0.640. The van der Waals surface area contributed by atoms with E-state index in [4.69, 9.17) is 5.73 Å². The first kappa shape index (κ1) is 7.37. The molecule has 0 saturated carbocycles. The maximum Gasteiger partial charge on any atom is 0.207 e. The summed E-state index contributed by atoms with van der Waals surface area (Å²) in [6.45, 7) is 1.66. The minimum absolute atomic E-state index is 0.0880. The topological polar surface area (TPSA) is 56.0 Å². The molecule has 0 aliphatic rings. The number of carbonyl (C=O) groups is 1. The van der Waals surface area contributed by atoms with Gasteiger partial charge in [0.1, 0.15) is 0 Å². The molecule has 54 valence electrons. The van der Waals surface area contributed by atoms with E-state index in [2.05, 4.69) is 4.98 Å². The molecule has 0 aliphatic heterocycles. The first-order valence-electron chi connectivity index (χ1n) is 2.91. The molecule has 0 spiro atoms. The van der Waals surface area contributed by atoms with Crippen LogP contribution in [-0.4, -0.2) is 16.8 Å². The lowest BCUT2D eigenvalue weighted by atomic mass is 10.2. The Morgan fingerprint density at radius 2 is 2.60 bits per heavy atom. The highest BCUT2D eigenvalue weighted by Crippen LogP contribution is 2.05. The van der Waals surface area contributed by atoms with Gasteiger partial charge in [-0.05, 0) is 6.92 Å². The summed E-state index contributed by atoms with van der Waals surface area (Å²) in [5, 5.41) is 2.25. The SMILES string of the molecule is CC(N)C(=O)c1nccs1. The molecule has 0 aliphatic carbocycles. The monoisotopic (exact) mass is 156 g/mol. The molecule has 1 unspecified atom stereocenters. The van der Waals surface area contributed by atoms with Gasteiger partial charge in [-0.25, -0.2) is 4.98 Å². The van der Waals surface area contributed by atoms with Crippen LogP contribution < -0.4 is 5.73 Å². The van der Waals surface area contributed by atoms with Crippen LogP contribution in [0.15, 0.2) is 11.6 Å². The van der Waals surface area contributed by atoms with Crippen LogP contribution in [0.3, 0.4) is 0 Å². The van der Waals surface area contributed by atoms with Crippen molar-refractivity contribution in [3.8, 4) is 0 Å². The number of Topliss-reactive ketones (excluding diaryl/α,β-unsaturated/α-hetero) is 1. The van der Waals surface area contributed by atoms with Crippen LogP contribution in [-0.2, 0) is 0 Å². The first-order chi connectivity index (χ1) is 4.72.